The van der Waals surface area contributed by atoms with Gasteiger partial charge in [0.05, 0.1) is 6.61 Å². The summed E-state index contributed by atoms with van der Waals surface area (Å²) in [6.45, 7) is 2.81. The van der Waals surface area contributed by atoms with E-state index < -0.39 is 0 Å². The molecule has 0 spiro atoms. The summed E-state index contributed by atoms with van der Waals surface area (Å²) in [6, 6.07) is 9.88. The fraction of sp³-hybridized carbons (Fsp3) is 0.300. The highest BCUT2D eigenvalue weighted by Gasteiger charge is 1.88. The van der Waals surface area contributed by atoms with Gasteiger partial charge < -0.3 is 4.74 Å². The minimum atomic E-state index is 0.778. The Labute approximate surface area is 68.0 Å². The van der Waals surface area contributed by atoms with Crippen molar-refractivity contribution in [3.8, 4) is 5.75 Å². The van der Waals surface area contributed by atoms with Crippen LogP contribution in [0.3, 0.4) is 0 Å². The van der Waals surface area contributed by atoms with Gasteiger partial charge in [-0.05, 0) is 25.0 Å². The molecule has 0 heterocycles. The molecule has 0 saturated carbocycles. The van der Waals surface area contributed by atoms with Gasteiger partial charge in [-0.3, -0.25) is 0 Å². The second-order valence-electron chi connectivity index (χ2n) is 2.36. The number of hydrogen-bond acceptors (Lipinski definition) is 1. The van der Waals surface area contributed by atoms with Gasteiger partial charge in [-0.1, -0.05) is 25.1 Å². The van der Waals surface area contributed by atoms with Crippen LogP contribution in [0, 0.1) is 6.42 Å². The van der Waals surface area contributed by atoms with Crippen LogP contribution in [0.2, 0.25) is 0 Å². The zero-order valence-electron chi connectivity index (χ0n) is 6.79. The van der Waals surface area contributed by atoms with E-state index in [9.17, 15) is 0 Å². The van der Waals surface area contributed by atoms with E-state index in [0.717, 1.165) is 18.8 Å². The predicted octanol–water partition coefficient (Wildman–Crippen LogP) is 2.68. The van der Waals surface area contributed by atoms with Crippen LogP contribution in [0.25, 0.3) is 0 Å². The van der Waals surface area contributed by atoms with Crippen LogP contribution in [0.4, 0.5) is 0 Å². The summed E-state index contributed by atoms with van der Waals surface area (Å²) < 4.78 is 5.42. The van der Waals surface area contributed by atoms with E-state index in [1.807, 2.05) is 37.3 Å². The molecule has 1 aromatic carbocycles. The third-order valence-corrected chi connectivity index (χ3v) is 1.42. The fourth-order valence-corrected chi connectivity index (χ4v) is 0.811. The minimum absolute atomic E-state index is 0.778. The lowest BCUT2D eigenvalue weighted by atomic mass is 10.3. The van der Waals surface area contributed by atoms with Gasteiger partial charge in [0.1, 0.15) is 5.75 Å². The SMILES string of the molecule is C[CH]CCOc1ccccc1. The highest BCUT2D eigenvalue weighted by atomic mass is 16.5. The lowest BCUT2D eigenvalue weighted by molar-refractivity contribution is 0.320. The molecule has 0 aliphatic carbocycles. The second kappa shape index (κ2) is 4.78. The first-order chi connectivity index (χ1) is 5.43. The molecule has 0 unspecified atom stereocenters. The largest absolute Gasteiger partial charge is 0.494 e. The van der Waals surface area contributed by atoms with Crippen molar-refractivity contribution in [3.05, 3.63) is 36.8 Å². The normalized spacial score (nSPS) is 9.55. The van der Waals surface area contributed by atoms with Crippen molar-refractivity contribution < 1.29 is 4.74 Å². The van der Waals surface area contributed by atoms with Gasteiger partial charge in [-0.15, -0.1) is 0 Å². The zero-order valence-corrected chi connectivity index (χ0v) is 6.79. The van der Waals surface area contributed by atoms with Gasteiger partial charge in [-0.25, -0.2) is 0 Å². The Morgan fingerprint density at radius 3 is 2.64 bits per heavy atom. The van der Waals surface area contributed by atoms with Gasteiger partial charge in [-0.2, -0.15) is 0 Å². The first-order valence-corrected chi connectivity index (χ1v) is 3.89. The van der Waals surface area contributed by atoms with Crippen molar-refractivity contribution in [2.24, 2.45) is 0 Å². The van der Waals surface area contributed by atoms with Crippen LogP contribution in [0.5, 0.6) is 5.75 Å². The van der Waals surface area contributed by atoms with Crippen LogP contribution >= 0.6 is 0 Å². The molecule has 0 bridgehead atoms. The van der Waals surface area contributed by atoms with Crippen molar-refractivity contribution in [1.82, 2.24) is 0 Å². The smallest absolute Gasteiger partial charge is 0.119 e. The molecule has 0 aliphatic rings. The first-order valence-electron chi connectivity index (χ1n) is 3.89. The Bertz CT molecular complexity index is 181. The molecule has 0 amide bonds. The number of ether oxygens (including phenoxy) is 1. The van der Waals surface area contributed by atoms with Gasteiger partial charge in [0.2, 0.25) is 0 Å². The zero-order chi connectivity index (χ0) is 7.94. The maximum Gasteiger partial charge on any atom is 0.119 e. The second-order valence-corrected chi connectivity index (χ2v) is 2.36. The van der Waals surface area contributed by atoms with E-state index in [2.05, 4.69) is 6.42 Å². The van der Waals surface area contributed by atoms with Gasteiger partial charge in [0.25, 0.3) is 0 Å². The molecule has 59 valence electrons. The summed E-state index contributed by atoms with van der Waals surface area (Å²) in [7, 11) is 0. The van der Waals surface area contributed by atoms with Gasteiger partial charge in [0.15, 0.2) is 0 Å². The number of benzene rings is 1. The standard InChI is InChI=1S/C10H13O/c1-2-3-9-11-10-7-5-4-6-8-10/h2,4-8H,3,9H2,1H3. The Hall–Kier alpha value is -0.980. The average molecular weight is 149 g/mol. The molecule has 1 radical (unpaired) electrons. The Balaban J connectivity index is 2.28. The maximum atomic E-state index is 5.42. The monoisotopic (exact) mass is 149 g/mol. The highest BCUT2D eigenvalue weighted by molar-refractivity contribution is 5.20. The van der Waals surface area contributed by atoms with Crippen LogP contribution in [-0.2, 0) is 0 Å². The summed E-state index contributed by atoms with van der Waals surface area (Å²) in [5.74, 6) is 0.953. The molecule has 0 N–H and O–H groups in total. The predicted molar refractivity (Wildman–Crippen MR) is 46.5 cm³/mol. The van der Waals surface area contributed by atoms with Gasteiger partial charge >= 0.3 is 0 Å². The summed E-state index contributed by atoms with van der Waals surface area (Å²) in [5, 5.41) is 0. The van der Waals surface area contributed by atoms with Crippen molar-refractivity contribution in [2.75, 3.05) is 6.61 Å². The lowest BCUT2D eigenvalue weighted by Gasteiger charge is -2.03. The van der Waals surface area contributed by atoms with Crippen LogP contribution in [0.15, 0.2) is 30.3 Å². The summed E-state index contributed by atoms with van der Waals surface area (Å²) >= 11 is 0. The Morgan fingerprint density at radius 1 is 1.27 bits per heavy atom. The maximum absolute atomic E-state index is 5.42. The lowest BCUT2D eigenvalue weighted by Crippen LogP contribution is -1.95. The molecule has 0 saturated heterocycles. The molecule has 0 aromatic heterocycles. The first kappa shape index (κ1) is 8.12. The quantitative estimate of drug-likeness (QED) is 0.598. The Kier molecular flexibility index (Phi) is 3.53. The number of unbranched alkanes of at least 4 members (excludes halogenated alkanes) is 1. The van der Waals surface area contributed by atoms with E-state index in [0.29, 0.717) is 0 Å². The summed E-state index contributed by atoms with van der Waals surface area (Å²) in [6.07, 6.45) is 3.11. The molecule has 11 heavy (non-hydrogen) atoms. The van der Waals surface area contributed by atoms with Gasteiger partial charge in [0, 0.05) is 0 Å². The van der Waals surface area contributed by atoms with Crippen LogP contribution < -0.4 is 4.74 Å². The number of rotatable bonds is 4. The molecule has 1 rings (SSSR count). The molecular formula is C10H13O. The van der Waals surface area contributed by atoms with Crippen LogP contribution in [0.1, 0.15) is 13.3 Å². The Morgan fingerprint density at radius 2 is 2.00 bits per heavy atom. The van der Waals surface area contributed by atoms with E-state index in [1.165, 1.54) is 0 Å². The molecule has 1 nitrogen and oxygen atoms in total. The number of para-hydroxylation sites is 1. The van der Waals surface area contributed by atoms with Crippen molar-refractivity contribution in [1.29, 1.82) is 0 Å². The molecular weight excluding hydrogens is 136 g/mol. The van der Waals surface area contributed by atoms with E-state index in [1.54, 1.807) is 0 Å². The van der Waals surface area contributed by atoms with Crippen molar-refractivity contribution >= 4 is 0 Å². The minimum Gasteiger partial charge on any atom is -0.494 e. The summed E-state index contributed by atoms with van der Waals surface area (Å²) in [5.41, 5.74) is 0. The third-order valence-electron chi connectivity index (χ3n) is 1.42. The molecule has 1 heteroatoms. The average Bonchev–Trinajstić information content (AvgIpc) is 2.07. The topological polar surface area (TPSA) is 9.23 Å². The summed E-state index contributed by atoms with van der Waals surface area (Å²) in [4.78, 5) is 0. The molecule has 1 aromatic rings. The third kappa shape index (κ3) is 3.08. The highest BCUT2D eigenvalue weighted by Crippen LogP contribution is 2.08. The van der Waals surface area contributed by atoms with Crippen LogP contribution in [-0.4, -0.2) is 6.61 Å². The van der Waals surface area contributed by atoms with Crippen molar-refractivity contribution in [3.63, 3.8) is 0 Å². The van der Waals surface area contributed by atoms with Crippen molar-refractivity contribution in [2.45, 2.75) is 13.3 Å². The van der Waals surface area contributed by atoms with E-state index in [-0.39, 0.29) is 0 Å². The molecule has 0 aliphatic heterocycles. The van der Waals surface area contributed by atoms with E-state index in [4.69, 9.17) is 4.74 Å². The molecule has 0 fully saturated rings. The fourth-order valence-electron chi connectivity index (χ4n) is 0.811. The number of hydrogen-bond donors (Lipinski definition) is 0. The van der Waals surface area contributed by atoms with E-state index >= 15 is 0 Å². The molecule has 0 atom stereocenters.